The average molecular weight is 374 g/mol. The Morgan fingerprint density at radius 3 is 2.35 bits per heavy atom. The molecule has 114 valence electrons. The molecule has 0 aromatic heterocycles. The summed E-state index contributed by atoms with van der Waals surface area (Å²) in [7, 11) is -3.96. The van der Waals surface area contributed by atoms with Crippen LogP contribution in [0.15, 0.2) is 29.2 Å². The molecule has 1 N–H and O–H groups in total. The van der Waals surface area contributed by atoms with Crippen LogP contribution in [-0.2, 0) is 16.2 Å². The number of hydrogen-bond donors (Lipinski definition) is 1. The SMILES string of the molecule is CC(C)(CBr)CNS(=O)(=O)c1cccc(C(F)(F)F)c1. The van der Waals surface area contributed by atoms with Crippen molar-refractivity contribution in [1.82, 2.24) is 4.72 Å². The summed E-state index contributed by atoms with van der Waals surface area (Å²) in [6.45, 7) is 3.78. The van der Waals surface area contributed by atoms with E-state index in [1.165, 1.54) is 0 Å². The lowest BCUT2D eigenvalue weighted by Gasteiger charge is -2.22. The van der Waals surface area contributed by atoms with Gasteiger partial charge in [0.15, 0.2) is 0 Å². The lowest BCUT2D eigenvalue weighted by molar-refractivity contribution is -0.137. The first kappa shape index (κ1) is 17.5. The van der Waals surface area contributed by atoms with Crippen LogP contribution in [-0.4, -0.2) is 20.3 Å². The zero-order valence-electron chi connectivity index (χ0n) is 11.0. The number of rotatable bonds is 5. The molecule has 0 unspecified atom stereocenters. The third-order valence-corrected chi connectivity index (χ3v) is 5.49. The van der Waals surface area contributed by atoms with Gasteiger partial charge in [0.1, 0.15) is 0 Å². The molecule has 0 spiro atoms. The molecule has 8 heteroatoms. The molecule has 0 saturated heterocycles. The smallest absolute Gasteiger partial charge is 0.211 e. The minimum absolute atomic E-state index is 0.122. The number of alkyl halides is 4. The van der Waals surface area contributed by atoms with Gasteiger partial charge in [0, 0.05) is 11.9 Å². The van der Waals surface area contributed by atoms with E-state index in [0.717, 1.165) is 18.2 Å². The molecule has 0 saturated carbocycles. The van der Waals surface area contributed by atoms with Crippen molar-refractivity contribution in [1.29, 1.82) is 0 Å². The van der Waals surface area contributed by atoms with Gasteiger partial charge < -0.3 is 0 Å². The van der Waals surface area contributed by atoms with Crippen molar-refractivity contribution in [3.63, 3.8) is 0 Å². The summed E-state index contributed by atoms with van der Waals surface area (Å²) in [6.07, 6.45) is -4.57. The summed E-state index contributed by atoms with van der Waals surface area (Å²) in [5.74, 6) is 0. The maximum atomic E-state index is 12.6. The molecule has 1 rings (SSSR count). The largest absolute Gasteiger partial charge is 0.416 e. The summed E-state index contributed by atoms with van der Waals surface area (Å²) >= 11 is 3.25. The van der Waals surface area contributed by atoms with Gasteiger partial charge in [0.2, 0.25) is 10.0 Å². The van der Waals surface area contributed by atoms with Crippen molar-refractivity contribution in [2.24, 2.45) is 5.41 Å². The molecule has 0 atom stereocenters. The fraction of sp³-hybridized carbons (Fsp3) is 0.500. The van der Waals surface area contributed by atoms with Crippen LogP contribution in [0.4, 0.5) is 13.2 Å². The summed E-state index contributed by atoms with van der Waals surface area (Å²) in [5.41, 5.74) is -1.32. The number of nitrogens with one attached hydrogen (secondary N) is 1. The first-order valence-electron chi connectivity index (χ1n) is 5.71. The number of halogens is 4. The first-order chi connectivity index (χ1) is 8.98. The Morgan fingerprint density at radius 2 is 1.85 bits per heavy atom. The van der Waals surface area contributed by atoms with E-state index in [0.29, 0.717) is 11.4 Å². The van der Waals surface area contributed by atoms with Crippen LogP contribution in [0.3, 0.4) is 0 Å². The monoisotopic (exact) mass is 373 g/mol. The molecule has 0 bridgehead atoms. The highest BCUT2D eigenvalue weighted by atomic mass is 79.9. The third-order valence-electron chi connectivity index (χ3n) is 2.57. The maximum absolute atomic E-state index is 12.6. The zero-order chi connectivity index (χ0) is 15.6. The summed E-state index contributed by atoms with van der Waals surface area (Å²) in [5, 5.41) is 0.561. The van der Waals surface area contributed by atoms with Crippen LogP contribution < -0.4 is 4.72 Å². The predicted octanol–water partition coefficient (Wildman–Crippen LogP) is 3.40. The maximum Gasteiger partial charge on any atom is 0.416 e. The van der Waals surface area contributed by atoms with Crippen molar-refractivity contribution in [2.45, 2.75) is 24.9 Å². The molecule has 1 aromatic rings. The molecule has 0 aliphatic heterocycles. The molecule has 20 heavy (non-hydrogen) atoms. The molecule has 1 aromatic carbocycles. The van der Waals surface area contributed by atoms with E-state index >= 15 is 0 Å². The molecule has 0 heterocycles. The van der Waals surface area contributed by atoms with Crippen LogP contribution in [0.5, 0.6) is 0 Å². The Morgan fingerprint density at radius 1 is 1.25 bits per heavy atom. The second-order valence-corrected chi connectivity index (χ2v) is 7.48. The van der Waals surface area contributed by atoms with Crippen LogP contribution >= 0.6 is 15.9 Å². The Bertz CT molecular complexity index is 570. The Labute approximate surface area is 124 Å². The van der Waals surface area contributed by atoms with Crippen LogP contribution in [0, 0.1) is 5.41 Å². The van der Waals surface area contributed by atoms with Gasteiger partial charge in [-0.3, -0.25) is 0 Å². The lowest BCUT2D eigenvalue weighted by Crippen LogP contribution is -2.35. The second kappa shape index (κ2) is 6.03. The molecule has 0 fully saturated rings. The number of hydrogen-bond acceptors (Lipinski definition) is 2. The predicted molar refractivity (Wildman–Crippen MR) is 74.2 cm³/mol. The molecule has 0 radical (unpaired) electrons. The van der Waals surface area contributed by atoms with Gasteiger partial charge >= 0.3 is 6.18 Å². The zero-order valence-corrected chi connectivity index (χ0v) is 13.4. The fourth-order valence-corrected chi connectivity index (χ4v) is 2.75. The van der Waals surface area contributed by atoms with Crippen LogP contribution in [0.2, 0.25) is 0 Å². The quantitative estimate of drug-likeness (QED) is 0.803. The molecule has 0 aliphatic carbocycles. The highest BCUT2D eigenvalue weighted by Gasteiger charge is 2.31. The second-order valence-electron chi connectivity index (χ2n) is 5.15. The van der Waals surface area contributed by atoms with Gasteiger partial charge in [-0.05, 0) is 23.6 Å². The fourth-order valence-electron chi connectivity index (χ4n) is 1.26. The normalized spacial score (nSPS) is 13.5. The van der Waals surface area contributed by atoms with E-state index in [1.54, 1.807) is 0 Å². The highest BCUT2D eigenvalue weighted by molar-refractivity contribution is 9.09. The molecular formula is C12H15BrF3NO2S. The standard InChI is InChI=1S/C12H15BrF3NO2S/c1-11(2,7-13)8-17-20(18,19)10-5-3-4-9(6-10)12(14,15)16/h3-6,17H,7-8H2,1-2H3. The number of sulfonamides is 1. The Balaban J connectivity index is 2.99. The van der Waals surface area contributed by atoms with E-state index < -0.39 is 26.7 Å². The topological polar surface area (TPSA) is 46.2 Å². The summed E-state index contributed by atoms with van der Waals surface area (Å²) in [6, 6.07) is 3.68. The van der Waals surface area contributed by atoms with Gasteiger partial charge in [-0.25, -0.2) is 13.1 Å². The van der Waals surface area contributed by atoms with E-state index in [4.69, 9.17) is 0 Å². The van der Waals surface area contributed by atoms with Gasteiger partial charge in [-0.1, -0.05) is 35.8 Å². The van der Waals surface area contributed by atoms with E-state index in [9.17, 15) is 21.6 Å². The van der Waals surface area contributed by atoms with E-state index in [2.05, 4.69) is 20.7 Å². The van der Waals surface area contributed by atoms with Gasteiger partial charge in [-0.2, -0.15) is 13.2 Å². The Kier molecular flexibility index (Phi) is 5.26. The van der Waals surface area contributed by atoms with Crippen molar-refractivity contribution < 1.29 is 21.6 Å². The first-order valence-corrected chi connectivity index (χ1v) is 8.31. The van der Waals surface area contributed by atoms with Crippen LogP contribution in [0.1, 0.15) is 19.4 Å². The van der Waals surface area contributed by atoms with Gasteiger partial charge in [0.25, 0.3) is 0 Å². The number of benzene rings is 1. The van der Waals surface area contributed by atoms with Crippen molar-refractivity contribution in [2.75, 3.05) is 11.9 Å². The molecule has 3 nitrogen and oxygen atoms in total. The molecular weight excluding hydrogens is 359 g/mol. The Hall–Kier alpha value is -0.600. The lowest BCUT2D eigenvalue weighted by atomic mass is 9.98. The minimum Gasteiger partial charge on any atom is -0.211 e. The van der Waals surface area contributed by atoms with Crippen LogP contribution in [0.25, 0.3) is 0 Å². The van der Waals surface area contributed by atoms with Crippen molar-refractivity contribution in [3.8, 4) is 0 Å². The summed E-state index contributed by atoms with van der Waals surface area (Å²) < 4.78 is 64.0. The third kappa shape index (κ3) is 4.75. The van der Waals surface area contributed by atoms with E-state index in [-0.39, 0.29) is 12.0 Å². The molecule has 0 aliphatic rings. The molecule has 0 amide bonds. The average Bonchev–Trinajstić information content (AvgIpc) is 2.36. The van der Waals surface area contributed by atoms with Gasteiger partial charge in [-0.15, -0.1) is 0 Å². The van der Waals surface area contributed by atoms with Crippen molar-refractivity contribution in [3.05, 3.63) is 29.8 Å². The minimum atomic E-state index is -4.57. The van der Waals surface area contributed by atoms with Gasteiger partial charge in [0.05, 0.1) is 10.5 Å². The van der Waals surface area contributed by atoms with E-state index in [1.807, 2.05) is 13.8 Å². The van der Waals surface area contributed by atoms with Crippen molar-refractivity contribution >= 4 is 26.0 Å². The summed E-state index contributed by atoms with van der Waals surface area (Å²) in [4.78, 5) is -0.391. The highest BCUT2D eigenvalue weighted by Crippen LogP contribution is 2.30.